The van der Waals surface area contributed by atoms with Crippen molar-refractivity contribution in [2.75, 3.05) is 12.0 Å². The van der Waals surface area contributed by atoms with Crippen LogP contribution >= 0.6 is 0 Å². The first-order valence-corrected chi connectivity index (χ1v) is 6.06. The molecule has 0 N–H and O–H groups in total. The van der Waals surface area contributed by atoms with Crippen molar-refractivity contribution in [3.05, 3.63) is 0 Å². The van der Waals surface area contributed by atoms with E-state index in [0.717, 1.165) is 6.42 Å². The molecule has 0 radical (unpaired) electrons. The molecule has 0 saturated heterocycles. The molecule has 0 aliphatic carbocycles. The molecule has 0 heterocycles. The molecule has 1 unspecified atom stereocenters. The highest BCUT2D eigenvalue weighted by molar-refractivity contribution is 7.90. The van der Waals surface area contributed by atoms with Crippen LogP contribution in [0.5, 0.6) is 0 Å². The van der Waals surface area contributed by atoms with Crippen LogP contribution in [0.25, 0.3) is 0 Å². The van der Waals surface area contributed by atoms with Gasteiger partial charge in [0.15, 0.2) is 0 Å². The molecule has 11 heavy (non-hydrogen) atoms. The summed E-state index contributed by atoms with van der Waals surface area (Å²) in [4.78, 5) is 0. The smallest absolute Gasteiger partial charge is 0.147 e. The Kier molecular flexibility index (Phi) is 4.08. The van der Waals surface area contributed by atoms with Crippen LogP contribution in [0.1, 0.15) is 27.2 Å². The second kappa shape index (κ2) is 4.10. The minimum Gasteiger partial charge on any atom is -0.229 e. The quantitative estimate of drug-likeness (QED) is 0.657. The Morgan fingerprint density at radius 1 is 1.18 bits per heavy atom. The fraction of sp³-hybridized carbons (Fsp3) is 1.00. The highest BCUT2D eigenvalue weighted by atomic mass is 32.2. The van der Waals surface area contributed by atoms with Crippen molar-refractivity contribution < 1.29 is 8.42 Å². The number of sulfone groups is 1. The Balaban J connectivity index is 3.72. The van der Waals surface area contributed by atoms with E-state index in [0.29, 0.717) is 17.6 Å². The largest absolute Gasteiger partial charge is 0.229 e. The number of hydrogen-bond acceptors (Lipinski definition) is 2. The Morgan fingerprint density at radius 3 is 1.91 bits per heavy atom. The topological polar surface area (TPSA) is 34.1 Å². The van der Waals surface area contributed by atoms with Gasteiger partial charge >= 0.3 is 0 Å². The molecule has 0 bridgehead atoms. The Morgan fingerprint density at radius 2 is 1.64 bits per heavy atom. The van der Waals surface area contributed by atoms with Gasteiger partial charge in [-0.2, -0.15) is 0 Å². The minimum atomic E-state index is -2.75. The second-order valence-corrected chi connectivity index (χ2v) is 5.90. The molecular formula is C8H18O2S. The maximum atomic E-state index is 10.8. The third-order valence-electron chi connectivity index (χ3n) is 2.08. The molecule has 0 spiro atoms. The standard InChI is InChI=1S/C8H18O2S/c1-7(2)8(3)5-6-11(4,9)10/h7-8H,5-6H2,1-4H3. The van der Waals surface area contributed by atoms with Crippen molar-refractivity contribution in [1.82, 2.24) is 0 Å². The molecule has 0 saturated carbocycles. The van der Waals surface area contributed by atoms with Gasteiger partial charge in [0.05, 0.1) is 5.75 Å². The van der Waals surface area contributed by atoms with Crippen LogP contribution in [0, 0.1) is 11.8 Å². The van der Waals surface area contributed by atoms with Crippen LogP contribution in [0.2, 0.25) is 0 Å². The van der Waals surface area contributed by atoms with E-state index < -0.39 is 9.84 Å². The van der Waals surface area contributed by atoms with Gasteiger partial charge in [-0.1, -0.05) is 20.8 Å². The van der Waals surface area contributed by atoms with Crippen molar-refractivity contribution in [3.8, 4) is 0 Å². The lowest BCUT2D eigenvalue weighted by Crippen LogP contribution is -2.11. The predicted molar refractivity (Wildman–Crippen MR) is 48.3 cm³/mol. The molecular weight excluding hydrogens is 160 g/mol. The third-order valence-corrected chi connectivity index (χ3v) is 3.06. The van der Waals surface area contributed by atoms with Crippen LogP contribution in [0.15, 0.2) is 0 Å². The lowest BCUT2D eigenvalue weighted by molar-refractivity contribution is 0.407. The van der Waals surface area contributed by atoms with Gasteiger partial charge < -0.3 is 0 Å². The summed E-state index contributed by atoms with van der Waals surface area (Å²) in [6.07, 6.45) is 2.08. The van der Waals surface area contributed by atoms with Gasteiger partial charge in [0, 0.05) is 6.26 Å². The predicted octanol–water partition coefficient (Wildman–Crippen LogP) is 1.71. The average molecular weight is 178 g/mol. The van der Waals surface area contributed by atoms with Crippen LogP contribution in [-0.2, 0) is 9.84 Å². The molecule has 0 fully saturated rings. The van der Waals surface area contributed by atoms with Gasteiger partial charge in [-0.15, -0.1) is 0 Å². The van der Waals surface area contributed by atoms with E-state index >= 15 is 0 Å². The van der Waals surface area contributed by atoms with Crippen molar-refractivity contribution in [2.24, 2.45) is 11.8 Å². The highest BCUT2D eigenvalue weighted by Crippen LogP contribution is 2.14. The maximum Gasteiger partial charge on any atom is 0.147 e. The molecule has 2 nitrogen and oxygen atoms in total. The first-order valence-electron chi connectivity index (χ1n) is 4.00. The monoisotopic (exact) mass is 178 g/mol. The molecule has 0 aliphatic rings. The van der Waals surface area contributed by atoms with Crippen molar-refractivity contribution in [3.63, 3.8) is 0 Å². The second-order valence-electron chi connectivity index (χ2n) is 3.64. The normalized spacial score (nSPS) is 15.4. The van der Waals surface area contributed by atoms with Gasteiger partial charge in [0.25, 0.3) is 0 Å². The molecule has 1 atom stereocenters. The fourth-order valence-electron chi connectivity index (χ4n) is 0.733. The van der Waals surface area contributed by atoms with Crippen LogP contribution in [-0.4, -0.2) is 20.4 Å². The van der Waals surface area contributed by atoms with Gasteiger partial charge in [-0.05, 0) is 18.3 Å². The van der Waals surface area contributed by atoms with Crippen LogP contribution < -0.4 is 0 Å². The molecule has 0 aromatic heterocycles. The summed E-state index contributed by atoms with van der Waals surface area (Å²) in [6.45, 7) is 6.33. The summed E-state index contributed by atoms with van der Waals surface area (Å²) < 4.78 is 21.5. The molecule has 68 valence electrons. The lowest BCUT2D eigenvalue weighted by Gasteiger charge is -2.13. The van der Waals surface area contributed by atoms with E-state index in [2.05, 4.69) is 20.8 Å². The average Bonchev–Trinajstić information content (AvgIpc) is 1.80. The fourth-order valence-corrected chi connectivity index (χ4v) is 1.53. The van der Waals surface area contributed by atoms with Crippen LogP contribution in [0.3, 0.4) is 0 Å². The zero-order valence-corrected chi connectivity index (χ0v) is 8.61. The number of rotatable bonds is 4. The third kappa shape index (κ3) is 6.35. The minimum absolute atomic E-state index is 0.326. The summed E-state index contributed by atoms with van der Waals surface area (Å²) in [5.41, 5.74) is 0. The van der Waals surface area contributed by atoms with Gasteiger partial charge in [-0.25, -0.2) is 8.42 Å². The van der Waals surface area contributed by atoms with E-state index in [1.54, 1.807) is 0 Å². The maximum absolute atomic E-state index is 10.8. The van der Waals surface area contributed by atoms with Gasteiger partial charge in [0.1, 0.15) is 9.84 Å². The molecule has 0 aromatic rings. The van der Waals surface area contributed by atoms with E-state index in [9.17, 15) is 8.42 Å². The molecule has 3 heteroatoms. The van der Waals surface area contributed by atoms with E-state index in [-0.39, 0.29) is 0 Å². The molecule has 0 rings (SSSR count). The zero-order valence-electron chi connectivity index (χ0n) is 7.79. The van der Waals surface area contributed by atoms with E-state index in [1.165, 1.54) is 6.26 Å². The first-order chi connectivity index (χ1) is 4.83. The molecule has 0 aliphatic heterocycles. The van der Waals surface area contributed by atoms with Gasteiger partial charge in [-0.3, -0.25) is 0 Å². The Hall–Kier alpha value is -0.0500. The van der Waals surface area contributed by atoms with Crippen molar-refractivity contribution in [2.45, 2.75) is 27.2 Å². The van der Waals surface area contributed by atoms with E-state index in [1.807, 2.05) is 0 Å². The highest BCUT2D eigenvalue weighted by Gasteiger charge is 2.10. The van der Waals surface area contributed by atoms with Crippen molar-refractivity contribution >= 4 is 9.84 Å². The van der Waals surface area contributed by atoms with Crippen LogP contribution in [0.4, 0.5) is 0 Å². The zero-order chi connectivity index (χ0) is 9.07. The van der Waals surface area contributed by atoms with Crippen molar-refractivity contribution in [1.29, 1.82) is 0 Å². The lowest BCUT2D eigenvalue weighted by atomic mass is 9.96. The first kappa shape index (κ1) is 11.0. The Bertz CT molecular complexity index is 192. The SMILES string of the molecule is CC(C)C(C)CCS(C)(=O)=O. The summed E-state index contributed by atoms with van der Waals surface area (Å²) in [6, 6.07) is 0. The summed E-state index contributed by atoms with van der Waals surface area (Å²) in [5, 5.41) is 0. The van der Waals surface area contributed by atoms with E-state index in [4.69, 9.17) is 0 Å². The number of hydrogen-bond donors (Lipinski definition) is 0. The van der Waals surface area contributed by atoms with Gasteiger partial charge in [0.2, 0.25) is 0 Å². The Labute approximate surface area is 69.9 Å². The summed E-state index contributed by atoms with van der Waals surface area (Å²) in [7, 11) is -2.75. The molecule has 0 amide bonds. The molecule has 0 aromatic carbocycles. The summed E-state index contributed by atoms with van der Waals surface area (Å²) in [5.74, 6) is 1.41. The summed E-state index contributed by atoms with van der Waals surface area (Å²) >= 11 is 0.